The van der Waals surface area contributed by atoms with Gasteiger partial charge in [0, 0.05) is 18.3 Å². The van der Waals surface area contributed by atoms with Crippen LogP contribution in [0.15, 0.2) is 35.1 Å². The zero-order valence-corrected chi connectivity index (χ0v) is 10.6. The smallest absolute Gasteiger partial charge is 0.325 e. The molecule has 2 aromatic rings. The van der Waals surface area contributed by atoms with Crippen molar-refractivity contribution in [2.45, 2.75) is 19.6 Å². The molecule has 0 bridgehead atoms. The van der Waals surface area contributed by atoms with E-state index >= 15 is 0 Å². The molecule has 7 heteroatoms. The second-order valence-electron chi connectivity index (χ2n) is 4.26. The van der Waals surface area contributed by atoms with Crippen molar-refractivity contribution in [3.63, 3.8) is 0 Å². The van der Waals surface area contributed by atoms with Crippen LogP contribution in [-0.2, 0) is 12.7 Å². The topological polar surface area (TPSA) is 60.9 Å². The molecule has 4 nitrogen and oxygen atoms in total. The van der Waals surface area contributed by atoms with Crippen molar-refractivity contribution in [2.75, 3.05) is 0 Å². The van der Waals surface area contributed by atoms with E-state index in [-0.39, 0.29) is 23.4 Å². The van der Waals surface area contributed by atoms with Gasteiger partial charge in [-0.3, -0.25) is 4.79 Å². The standard InChI is InChI=1S/C13H12F3N3O/c1-8-5-12(20)11(7-17)18-19(8)10-4-2-3-9(6-10)13(14,15)16/h2-6H,7,17H2,1H3. The van der Waals surface area contributed by atoms with Gasteiger partial charge in [-0.2, -0.15) is 18.3 Å². The predicted octanol–water partition coefficient (Wildman–Crippen LogP) is 2.02. The van der Waals surface area contributed by atoms with Crippen LogP contribution < -0.4 is 11.2 Å². The van der Waals surface area contributed by atoms with Crippen molar-refractivity contribution in [2.24, 2.45) is 5.73 Å². The van der Waals surface area contributed by atoms with Gasteiger partial charge in [0.1, 0.15) is 5.69 Å². The maximum absolute atomic E-state index is 12.7. The minimum absolute atomic E-state index is 0.0714. The van der Waals surface area contributed by atoms with Crippen LogP contribution in [-0.4, -0.2) is 9.78 Å². The third kappa shape index (κ3) is 2.72. The van der Waals surface area contributed by atoms with Gasteiger partial charge in [-0.05, 0) is 25.1 Å². The molecule has 106 valence electrons. The van der Waals surface area contributed by atoms with Crippen molar-refractivity contribution in [3.8, 4) is 5.69 Å². The average molecular weight is 283 g/mol. The van der Waals surface area contributed by atoms with Crippen LogP contribution in [0.25, 0.3) is 5.69 Å². The molecule has 0 unspecified atom stereocenters. The molecule has 0 spiro atoms. The predicted molar refractivity (Wildman–Crippen MR) is 67.5 cm³/mol. The second-order valence-corrected chi connectivity index (χ2v) is 4.26. The van der Waals surface area contributed by atoms with E-state index in [9.17, 15) is 18.0 Å². The number of aromatic nitrogens is 2. The summed E-state index contributed by atoms with van der Waals surface area (Å²) in [5, 5.41) is 4.00. The van der Waals surface area contributed by atoms with Crippen LogP contribution in [0.5, 0.6) is 0 Å². The lowest BCUT2D eigenvalue weighted by molar-refractivity contribution is -0.137. The van der Waals surface area contributed by atoms with Crippen molar-refractivity contribution in [3.05, 3.63) is 57.5 Å². The average Bonchev–Trinajstić information content (AvgIpc) is 2.38. The Kier molecular flexibility index (Phi) is 3.63. The van der Waals surface area contributed by atoms with Gasteiger partial charge >= 0.3 is 6.18 Å². The van der Waals surface area contributed by atoms with Gasteiger partial charge in [0.25, 0.3) is 0 Å². The second kappa shape index (κ2) is 5.09. The van der Waals surface area contributed by atoms with E-state index < -0.39 is 11.7 Å². The zero-order chi connectivity index (χ0) is 14.9. The molecule has 1 heterocycles. The fourth-order valence-electron chi connectivity index (χ4n) is 1.80. The van der Waals surface area contributed by atoms with Crippen molar-refractivity contribution in [1.29, 1.82) is 0 Å². The van der Waals surface area contributed by atoms with Gasteiger partial charge in [-0.15, -0.1) is 0 Å². The van der Waals surface area contributed by atoms with Gasteiger partial charge in [0.15, 0.2) is 0 Å². The van der Waals surface area contributed by atoms with Crippen LogP contribution in [0.1, 0.15) is 17.0 Å². The highest BCUT2D eigenvalue weighted by Crippen LogP contribution is 2.30. The highest BCUT2D eigenvalue weighted by Gasteiger charge is 2.30. The number of halogens is 3. The third-order valence-electron chi connectivity index (χ3n) is 2.79. The first-order valence-corrected chi connectivity index (χ1v) is 5.80. The molecule has 1 aromatic carbocycles. The summed E-state index contributed by atoms with van der Waals surface area (Å²) in [6.45, 7) is 1.52. The number of hydrogen-bond donors (Lipinski definition) is 1. The summed E-state index contributed by atoms with van der Waals surface area (Å²) in [7, 11) is 0. The summed E-state index contributed by atoms with van der Waals surface area (Å²) >= 11 is 0. The van der Waals surface area contributed by atoms with E-state index in [1.165, 1.54) is 22.9 Å². The number of benzene rings is 1. The van der Waals surface area contributed by atoms with Crippen LogP contribution >= 0.6 is 0 Å². The van der Waals surface area contributed by atoms with Gasteiger partial charge in [-0.25, -0.2) is 4.68 Å². The molecule has 0 amide bonds. The minimum Gasteiger partial charge on any atom is -0.325 e. The first-order valence-electron chi connectivity index (χ1n) is 5.80. The van der Waals surface area contributed by atoms with E-state index in [0.29, 0.717) is 5.69 Å². The van der Waals surface area contributed by atoms with Crippen LogP contribution in [0.4, 0.5) is 13.2 Å². The van der Waals surface area contributed by atoms with Crippen molar-refractivity contribution in [1.82, 2.24) is 9.78 Å². The molecular formula is C13H12F3N3O. The molecule has 2 rings (SSSR count). The summed E-state index contributed by atoms with van der Waals surface area (Å²) in [4.78, 5) is 11.5. The number of nitrogens with two attached hydrogens (primary N) is 1. The SMILES string of the molecule is Cc1cc(=O)c(CN)nn1-c1cccc(C(F)(F)F)c1. The number of nitrogens with zero attached hydrogens (tertiary/aromatic N) is 2. The molecule has 0 aliphatic heterocycles. The van der Waals surface area contributed by atoms with Crippen LogP contribution in [0.3, 0.4) is 0 Å². The maximum Gasteiger partial charge on any atom is 0.416 e. The summed E-state index contributed by atoms with van der Waals surface area (Å²) in [6.07, 6.45) is -4.43. The molecule has 0 saturated heterocycles. The van der Waals surface area contributed by atoms with E-state index in [4.69, 9.17) is 5.73 Å². The van der Waals surface area contributed by atoms with Gasteiger partial charge in [-0.1, -0.05) is 6.07 Å². The number of aryl methyl sites for hydroxylation is 1. The zero-order valence-electron chi connectivity index (χ0n) is 10.6. The van der Waals surface area contributed by atoms with Crippen molar-refractivity contribution >= 4 is 0 Å². The molecule has 0 radical (unpaired) electrons. The monoisotopic (exact) mass is 283 g/mol. The Morgan fingerprint density at radius 1 is 1.30 bits per heavy atom. The molecule has 0 aliphatic carbocycles. The molecular weight excluding hydrogens is 271 g/mol. The fourth-order valence-corrected chi connectivity index (χ4v) is 1.80. The summed E-state index contributed by atoms with van der Waals surface area (Å²) < 4.78 is 39.4. The number of alkyl halides is 3. The molecule has 0 atom stereocenters. The molecule has 0 fully saturated rings. The lowest BCUT2D eigenvalue weighted by atomic mass is 10.2. The fraction of sp³-hybridized carbons (Fsp3) is 0.231. The van der Waals surface area contributed by atoms with E-state index in [1.54, 1.807) is 6.92 Å². The third-order valence-corrected chi connectivity index (χ3v) is 2.79. The van der Waals surface area contributed by atoms with Gasteiger partial charge < -0.3 is 5.73 Å². The maximum atomic E-state index is 12.7. The van der Waals surface area contributed by atoms with E-state index in [0.717, 1.165) is 12.1 Å². The summed E-state index contributed by atoms with van der Waals surface area (Å²) in [5.74, 6) is 0. The molecule has 1 aromatic heterocycles. The van der Waals surface area contributed by atoms with Crippen molar-refractivity contribution < 1.29 is 13.2 Å². The largest absolute Gasteiger partial charge is 0.416 e. The quantitative estimate of drug-likeness (QED) is 0.917. The molecule has 2 N–H and O–H groups in total. The summed E-state index contributed by atoms with van der Waals surface area (Å²) in [6, 6.07) is 6.03. The van der Waals surface area contributed by atoms with Gasteiger partial charge in [0.2, 0.25) is 5.43 Å². The highest BCUT2D eigenvalue weighted by molar-refractivity contribution is 5.37. The minimum atomic E-state index is -4.43. The number of hydrogen-bond acceptors (Lipinski definition) is 3. The normalized spacial score (nSPS) is 11.7. The Labute approximate surface area is 112 Å². The molecule has 20 heavy (non-hydrogen) atoms. The lowest BCUT2D eigenvalue weighted by Gasteiger charge is -2.13. The Hall–Kier alpha value is -2.15. The lowest BCUT2D eigenvalue weighted by Crippen LogP contribution is -2.21. The first kappa shape index (κ1) is 14.3. The Bertz CT molecular complexity index is 692. The molecule has 0 saturated carbocycles. The van der Waals surface area contributed by atoms with E-state index in [2.05, 4.69) is 5.10 Å². The Morgan fingerprint density at radius 3 is 2.60 bits per heavy atom. The molecule has 0 aliphatic rings. The van der Waals surface area contributed by atoms with Crippen LogP contribution in [0, 0.1) is 6.92 Å². The summed E-state index contributed by atoms with van der Waals surface area (Å²) in [5.41, 5.74) is 5.06. The van der Waals surface area contributed by atoms with Gasteiger partial charge in [0.05, 0.1) is 11.3 Å². The highest BCUT2D eigenvalue weighted by atomic mass is 19.4. The van der Waals surface area contributed by atoms with Crippen LogP contribution in [0.2, 0.25) is 0 Å². The first-order chi connectivity index (χ1) is 9.32. The van der Waals surface area contributed by atoms with E-state index in [1.807, 2.05) is 0 Å². The Morgan fingerprint density at radius 2 is 2.00 bits per heavy atom. The Balaban J connectivity index is 2.60. The number of rotatable bonds is 2.